The van der Waals surface area contributed by atoms with Crippen molar-refractivity contribution in [1.29, 1.82) is 0 Å². The number of Topliss-reactive ketones (excluding diaryl/α,β-unsaturated/α-hetero) is 1. The number of hydrogen-bond donors (Lipinski definition) is 1. The molecular weight excluding hydrogens is 220 g/mol. The SMILES string of the molecule is O=C(C(=NO)c1cnccn1)c1ccccn1. The first kappa shape index (κ1) is 10.9. The summed E-state index contributed by atoms with van der Waals surface area (Å²) in [4.78, 5) is 23.5. The number of nitrogens with zero attached hydrogens (tertiary/aromatic N) is 4. The minimum atomic E-state index is -0.506. The summed E-state index contributed by atoms with van der Waals surface area (Å²) in [6, 6.07) is 4.89. The number of carbonyl (C=O) groups is 1. The molecular formula is C11H8N4O2. The van der Waals surface area contributed by atoms with Crippen LogP contribution in [-0.2, 0) is 0 Å². The molecule has 0 spiro atoms. The maximum absolute atomic E-state index is 12.0. The van der Waals surface area contributed by atoms with Crippen molar-refractivity contribution < 1.29 is 10.0 Å². The number of hydrogen-bond acceptors (Lipinski definition) is 6. The van der Waals surface area contributed by atoms with Gasteiger partial charge in [-0.25, -0.2) is 0 Å². The summed E-state index contributed by atoms with van der Waals surface area (Å²) in [6.45, 7) is 0. The molecule has 2 aromatic heterocycles. The van der Waals surface area contributed by atoms with Crippen LogP contribution in [0.4, 0.5) is 0 Å². The lowest BCUT2D eigenvalue weighted by Crippen LogP contribution is -2.18. The van der Waals surface area contributed by atoms with E-state index in [0.29, 0.717) is 0 Å². The van der Waals surface area contributed by atoms with Gasteiger partial charge in [0, 0.05) is 18.6 Å². The molecule has 6 nitrogen and oxygen atoms in total. The van der Waals surface area contributed by atoms with E-state index in [0.717, 1.165) is 0 Å². The molecule has 0 amide bonds. The summed E-state index contributed by atoms with van der Waals surface area (Å²) in [6.07, 6.45) is 5.70. The standard InChI is InChI=1S/C11H8N4O2/c16-11(8-3-1-2-4-13-8)10(15-17)9-7-12-5-6-14-9/h1-7,17H. The molecule has 0 aromatic carbocycles. The van der Waals surface area contributed by atoms with Gasteiger partial charge in [0.05, 0.1) is 6.20 Å². The van der Waals surface area contributed by atoms with Crippen LogP contribution in [0.15, 0.2) is 48.1 Å². The van der Waals surface area contributed by atoms with Crippen LogP contribution in [0.3, 0.4) is 0 Å². The van der Waals surface area contributed by atoms with Crippen LogP contribution >= 0.6 is 0 Å². The minimum absolute atomic E-state index is 0.184. The molecule has 0 saturated carbocycles. The molecule has 0 aliphatic carbocycles. The number of oxime groups is 1. The summed E-state index contributed by atoms with van der Waals surface area (Å²) < 4.78 is 0. The second kappa shape index (κ2) is 4.93. The smallest absolute Gasteiger partial charge is 0.235 e. The van der Waals surface area contributed by atoms with Gasteiger partial charge in [-0.2, -0.15) is 0 Å². The third-order valence-corrected chi connectivity index (χ3v) is 2.02. The van der Waals surface area contributed by atoms with Crippen LogP contribution in [0, 0.1) is 0 Å². The molecule has 84 valence electrons. The minimum Gasteiger partial charge on any atom is -0.410 e. The first-order valence-electron chi connectivity index (χ1n) is 4.77. The Kier molecular flexibility index (Phi) is 3.15. The quantitative estimate of drug-likeness (QED) is 0.365. The highest BCUT2D eigenvalue weighted by Gasteiger charge is 2.19. The number of ketones is 1. The molecule has 1 N–H and O–H groups in total. The van der Waals surface area contributed by atoms with Gasteiger partial charge < -0.3 is 5.21 Å². The van der Waals surface area contributed by atoms with E-state index in [4.69, 9.17) is 5.21 Å². The molecule has 0 saturated heterocycles. The van der Waals surface area contributed by atoms with E-state index < -0.39 is 5.78 Å². The summed E-state index contributed by atoms with van der Waals surface area (Å²) in [5.74, 6) is -0.506. The van der Waals surface area contributed by atoms with Gasteiger partial charge in [-0.15, -0.1) is 0 Å². The van der Waals surface area contributed by atoms with E-state index in [2.05, 4.69) is 20.1 Å². The average molecular weight is 228 g/mol. The molecule has 0 atom stereocenters. The Morgan fingerprint density at radius 2 is 1.94 bits per heavy atom. The first-order valence-corrected chi connectivity index (χ1v) is 4.77. The molecule has 2 heterocycles. The van der Waals surface area contributed by atoms with Crippen molar-refractivity contribution in [3.05, 3.63) is 54.4 Å². The fraction of sp³-hybridized carbons (Fsp3) is 0. The van der Waals surface area contributed by atoms with Crippen molar-refractivity contribution >= 4 is 11.5 Å². The lowest BCUT2D eigenvalue weighted by Gasteiger charge is -2.01. The lowest BCUT2D eigenvalue weighted by molar-refractivity contribution is 0.105. The predicted octanol–water partition coefficient (Wildman–Crippen LogP) is 0.933. The highest BCUT2D eigenvalue weighted by molar-refractivity contribution is 6.50. The lowest BCUT2D eigenvalue weighted by atomic mass is 10.1. The number of pyridine rings is 1. The van der Waals surface area contributed by atoms with Crippen LogP contribution in [-0.4, -0.2) is 31.7 Å². The third-order valence-electron chi connectivity index (χ3n) is 2.02. The van der Waals surface area contributed by atoms with Gasteiger partial charge in [-0.1, -0.05) is 11.2 Å². The molecule has 0 radical (unpaired) electrons. The number of rotatable bonds is 3. The molecule has 0 fully saturated rings. The van der Waals surface area contributed by atoms with Crippen LogP contribution < -0.4 is 0 Å². The Bertz CT molecular complexity index is 540. The molecule has 0 aliphatic rings. The zero-order valence-corrected chi connectivity index (χ0v) is 8.69. The summed E-state index contributed by atoms with van der Waals surface area (Å²) in [5, 5.41) is 11.8. The maximum atomic E-state index is 12.0. The largest absolute Gasteiger partial charge is 0.410 e. The van der Waals surface area contributed by atoms with Crippen molar-refractivity contribution in [3.63, 3.8) is 0 Å². The molecule has 0 aliphatic heterocycles. The normalized spacial score (nSPS) is 11.2. The van der Waals surface area contributed by atoms with Gasteiger partial charge in [-0.05, 0) is 12.1 Å². The van der Waals surface area contributed by atoms with Gasteiger partial charge in [0.25, 0.3) is 0 Å². The Morgan fingerprint density at radius 1 is 1.12 bits per heavy atom. The van der Waals surface area contributed by atoms with Crippen LogP contribution in [0.25, 0.3) is 0 Å². The molecule has 0 unspecified atom stereocenters. The number of aromatic nitrogens is 3. The van der Waals surface area contributed by atoms with Crippen molar-refractivity contribution in [2.45, 2.75) is 0 Å². The Labute approximate surface area is 96.7 Å². The molecule has 0 bridgehead atoms. The van der Waals surface area contributed by atoms with E-state index in [9.17, 15) is 4.79 Å². The van der Waals surface area contributed by atoms with E-state index in [-0.39, 0.29) is 17.1 Å². The maximum Gasteiger partial charge on any atom is 0.235 e. The molecule has 17 heavy (non-hydrogen) atoms. The zero-order chi connectivity index (χ0) is 12.1. The van der Waals surface area contributed by atoms with Crippen molar-refractivity contribution in [2.24, 2.45) is 5.16 Å². The Hall–Kier alpha value is -2.63. The van der Waals surface area contributed by atoms with Crippen LogP contribution in [0.5, 0.6) is 0 Å². The van der Waals surface area contributed by atoms with Crippen molar-refractivity contribution in [2.75, 3.05) is 0 Å². The van der Waals surface area contributed by atoms with E-state index in [1.807, 2.05) is 0 Å². The summed E-state index contributed by atoms with van der Waals surface area (Å²) in [5.41, 5.74) is 0.202. The van der Waals surface area contributed by atoms with Crippen LogP contribution in [0.1, 0.15) is 16.2 Å². The summed E-state index contributed by atoms with van der Waals surface area (Å²) >= 11 is 0. The Balaban J connectivity index is 2.37. The third kappa shape index (κ3) is 2.31. The van der Waals surface area contributed by atoms with Gasteiger partial charge in [0.1, 0.15) is 11.4 Å². The topological polar surface area (TPSA) is 88.3 Å². The molecule has 6 heteroatoms. The van der Waals surface area contributed by atoms with Crippen molar-refractivity contribution in [1.82, 2.24) is 15.0 Å². The van der Waals surface area contributed by atoms with Gasteiger partial charge in [0.15, 0.2) is 5.71 Å². The van der Waals surface area contributed by atoms with Crippen LogP contribution in [0.2, 0.25) is 0 Å². The van der Waals surface area contributed by atoms with E-state index in [1.165, 1.54) is 30.9 Å². The van der Waals surface area contributed by atoms with Gasteiger partial charge in [-0.3, -0.25) is 19.7 Å². The van der Waals surface area contributed by atoms with Crippen molar-refractivity contribution in [3.8, 4) is 0 Å². The Morgan fingerprint density at radius 3 is 2.53 bits per heavy atom. The highest BCUT2D eigenvalue weighted by Crippen LogP contribution is 2.03. The number of carbonyl (C=O) groups excluding carboxylic acids is 1. The molecule has 2 rings (SSSR count). The first-order chi connectivity index (χ1) is 8.33. The van der Waals surface area contributed by atoms with E-state index >= 15 is 0 Å². The second-order valence-corrected chi connectivity index (χ2v) is 3.08. The second-order valence-electron chi connectivity index (χ2n) is 3.08. The highest BCUT2D eigenvalue weighted by atomic mass is 16.4. The fourth-order valence-electron chi connectivity index (χ4n) is 1.25. The van der Waals surface area contributed by atoms with Gasteiger partial charge >= 0.3 is 0 Å². The van der Waals surface area contributed by atoms with Gasteiger partial charge in [0.2, 0.25) is 5.78 Å². The molecule has 2 aromatic rings. The predicted molar refractivity (Wildman–Crippen MR) is 58.9 cm³/mol. The summed E-state index contributed by atoms with van der Waals surface area (Å²) in [7, 11) is 0. The zero-order valence-electron chi connectivity index (χ0n) is 8.69. The monoisotopic (exact) mass is 228 g/mol. The van der Waals surface area contributed by atoms with E-state index in [1.54, 1.807) is 12.1 Å². The fourth-order valence-corrected chi connectivity index (χ4v) is 1.25. The average Bonchev–Trinajstić information content (AvgIpc) is 2.42.